The molecule has 2 heterocycles. The van der Waals surface area contributed by atoms with Crippen molar-refractivity contribution in [3.63, 3.8) is 0 Å². The van der Waals surface area contributed by atoms with Crippen LogP contribution in [0.25, 0.3) is 0 Å². The number of likely N-dealkylation sites (N-methyl/N-ethyl adjacent to an activating group) is 1. The van der Waals surface area contributed by atoms with Gasteiger partial charge in [0.05, 0.1) is 18.6 Å². The van der Waals surface area contributed by atoms with Crippen molar-refractivity contribution in [2.24, 2.45) is 0 Å². The van der Waals surface area contributed by atoms with Crippen molar-refractivity contribution in [1.29, 1.82) is 0 Å². The van der Waals surface area contributed by atoms with E-state index in [4.69, 9.17) is 0 Å². The molecule has 1 aliphatic rings. The Kier molecular flexibility index (Phi) is 7.86. The number of nitrogens with one attached hydrogen (secondary N) is 1. The lowest BCUT2D eigenvalue weighted by Gasteiger charge is -2.36. The molecule has 1 aromatic heterocycles. The van der Waals surface area contributed by atoms with Gasteiger partial charge in [-0.1, -0.05) is 41.3 Å². The second-order valence-electron chi connectivity index (χ2n) is 6.93. The average Bonchev–Trinajstić information content (AvgIpc) is 3.19. The predicted octanol–water partition coefficient (Wildman–Crippen LogP) is 0.809. The molecule has 1 fully saturated rings. The highest BCUT2D eigenvalue weighted by Gasteiger charge is 2.22. The molecule has 10 nitrogen and oxygen atoms in total. The van der Waals surface area contributed by atoms with E-state index in [9.17, 15) is 18.0 Å². The molecular formula is C18H24N6O4S3. The zero-order valence-electron chi connectivity index (χ0n) is 17.2. The number of sulfonamides is 1. The van der Waals surface area contributed by atoms with Crippen molar-refractivity contribution in [3.8, 4) is 0 Å². The van der Waals surface area contributed by atoms with Gasteiger partial charge in [-0.15, -0.1) is 10.2 Å². The van der Waals surface area contributed by atoms with Crippen molar-refractivity contribution < 1.29 is 18.0 Å². The van der Waals surface area contributed by atoms with Crippen molar-refractivity contribution >= 4 is 55.8 Å². The van der Waals surface area contributed by atoms with E-state index in [1.165, 1.54) is 18.8 Å². The summed E-state index contributed by atoms with van der Waals surface area (Å²) in [5.41, 5.74) is 1.16. The molecular weight excluding hydrogens is 460 g/mol. The number of anilines is 2. The molecule has 0 radical (unpaired) electrons. The highest BCUT2D eigenvalue weighted by atomic mass is 32.2. The fraction of sp³-hybridized carbons (Fsp3) is 0.444. The summed E-state index contributed by atoms with van der Waals surface area (Å²) in [6.45, 7) is 2.60. The van der Waals surface area contributed by atoms with E-state index in [0.29, 0.717) is 17.4 Å². The number of carbonyl (C=O) groups is 2. The Balaban J connectivity index is 1.42. The largest absolute Gasteiger partial charge is 0.368 e. The summed E-state index contributed by atoms with van der Waals surface area (Å²) in [5, 5.41) is 10.6. The van der Waals surface area contributed by atoms with Gasteiger partial charge in [0.15, 0.2) is 4.34 Å². The molecule has 13 heteroatoms. The molecule has 0 saturated carbocycles. The third kappa shape index (κ3) is 6.89. The van der Waals surface area contributed by atoms with Crippen LogP contribution in [-0.2, 0) is 19.6 Å². The van der Waals surface area contributed by atoms with Gasteiger partial charge in [-0.25, -0.2) is 8.42 Å². The van der Waals surface area contributed by atoms with E-state index in [1.54, 1.807) is 0 Å². The number of hydrogen-bond acceptors (Lipinski definition) is 9. The molecule has 0 spiro atoms. The minimum Gasteiger partial charge on any atom is -0.368 e. The molecule has 0 aliphatic carbocycles. The van der Waals surface area contributed by atoms with Crippen LogP contribution in [0.2, 0.25) is 0 Å². The van der Waals surface area contributed by atoms with Crippen molar-refractivity contribution in [3.05, 3.63) is 30.3 Å². The normalized spacial score (nSPS) is 14.7. The minimum atomic E-state index is -3.44. The van der Waals surface area contributed by atoms with Gasteiger partial charge in [-0.05, 0) is 12.1 Å². The molecule has 1 aromatic carbocycles. The summed E-state index contributed by atoms with van der Waals surface area (Å²) in [6.07, 6.45) is 1.03. The SMILES string of the molecule is CN(CC(=O)Nc1nnc(SCC(=O)N2CCN(c3ccccc3)CC2)s1)S(C)(=O)=O. The minimum absolute atomic E-state index is 0.0354. The number of amides is 2. The van der Waals surface area contributed by atoms with Gasteiger partial charge in [-0.3, -0.25) is 14.9 Å². The lowest BCUT2D eigenvalue weighted by atomic mass is 10.2. The zero-order valence-corrected chi connectivity index (χ0v) is 19.7. The average molecular weight is 485 g/mol. The van der Waals surface area contributed by atoms with Crippen LogP contribution in [0.1, 0.15) is 0 Å². The van der Waals surface area contributed by atoms with Gasteiger partial charge >= 0.3 is 0 Å². The Labute approximate surface area is 189 Å². The summed E-state index contributed by atoms with van der Waals surface area (Å²) in [7, 11) is -2.12. The highest BCUT2D eigenvalue weighted by molar-refractivity contribution is 8.01. The molecule has 31 heavy (non-hydrogen) atoms. The Morgan fingerprint density at radius 2 is 1.84 bits per heavy atom. The fourth-order valence-corrected chi connectivity index (χ4v) is 4.89. The van der Waals surface area contributed by atoms with Crippen molar-refractivity contribution in [2.45, 2.75) is 4.34 Å². The third-order valence-corrected chi connectivity index (χ3v) is 7.88. The van der Waals surface area contributed by atoms with Crippen LogP contribution >= 0.6 is 23.1 Å². The van der Waals surface area contributed by atoms with Crippen molar-refractivity contribution in [2.75, 3.05) is 62.0 Å². The molecule has 3 rings (SSSR count). The first-order chi connectivity index (χ1) is 14.7. The second kappa shape index (κ2) is 10.4. The number of rotatable bonds is 8. The standard InChI is InChI=1S/C18H24N6O4S3/c1-22(31(2,27)28)12-15(25)19-17-20-21-18(30-17)29-13-16(26)24-10-8-23(9-11-24)14-6-4-3-5-7-14/h3-7H,8-13H2,1-2H3,(H,19,20,25). The van der Waals surface area contributed by atoms with Crippen LogP contribution in [0, 0.1) is 0 Å². The highest BCUT2D eigenvalue weighted by Crippen LogP contribution is 2.26. The smallest absolute Gasteiger partial charge is 0.241 e. The van der Waals surface area contributed by atoms with E-state index >= 15 is 0 Å². The number of thioether (sulfide) groups is 1. The molecule has 0 unspecified atom stereocenters. The van der Waals surface area contributed by atoms with Gasteiger partial charge in [-0.2, -0.15) is 4.31 Å². The molecule has 2 aromatic rings. The first-order valence-corrected chi connectivity index (χ1v) is 13.1. The van der Waals surface area contributed by atoms with Crippen LogP contribution < -0.4 is 10.2 Å². The maximum absolute atomic E-state index is 12.5. The number of carbonyl (C=O) groups excluding carboxylic acids is 2. The van der Waals surface area contributed by atoms with Gasteiger partial charge in [0.2, 0.25) is 27.0 Å². The summed E-state index contributed by atoms with van der Waals surface area (Å²) < 4.78 is 24.2. The van der Waals surface area contributed by atoms with Gasteiger partial charge in [0.25, 0.3) is 0 Å². The number of benzene rings is 1. The zero-order chi connectivity index (χ0) is 22.4. The van der Waals surface area contributed by atoms with E-state index in [1.807, 2.05) is 23.1 Å². The van der Waals surface area contributed by atoms with Crippen LogP contribution in [-0.4, -0.2) is 91.4 Å². The Bertz CT molecular complexity index is 1010. The van der Waals surface area contributed by atoms with Crippen LogP contribution in [0.4, 0.5) is 10.8 Å². The first-order valence-electron chi connectivity index (χ1n) is 9.47. The Hall–Kier alpha value is -2.22. The molecule has 0 bridgehead atoms. The Morgan fingerprint density at radius 1 is 1.16 bits per heavy atom. The summed E-state index contributed by atoms with van der Waals surface area (Å²) >= 11 is 2.41. The van der Waals surface area contributed by atoms with Crippen LogP contribution in [0.5, 0.6) is 0 Å². The maximum Gasteiger partial charge on any atom is 0.241 e. The number of para-hydroxylation sites is 1. The number of aromatic nitrogens is 2. The molecule has 1 aliphatic heterocycles. The van der Waals surface area contributed by atoms with E-state index in [0.717, 1.165) is 40.7 Å². The molecule has 0 atom stereocenters. The van der Waals surface area contributed by atoms with Crippen molar-refractivity contribution in [1.82, 2.24) is 19.4 Å². The predicted molar refractivity (Wildman–Crippen MR) is 122 cm³/mol. The fourth-order valence-electron chi connectivity index (χ4n) is 2.86. The Morgan fingerprint density at radius 3 is 2.48 bits per heavy atom. The number of nitrogens with zero attached hydrogens (tertiary/aromatic N) is 5. The number of hydrogen-bond donors (Lipinski definition) is 1. The molecule has 168 valence electrons. The molecule has 1 saturated heterocycles. The summed E-state index contributed by atoms with van der Waals surface area (Å²) in [4.78, 5) is 28.6. The first kappa shape index (κ1) is 23.4. The molecule has 1 N–H and O–H groups in total. The second-order valence-corrected chi connectivity index (χ2v) is 11.2. The monoisotopic (exact) mass is 484 g/mol. The summed E-state index contributed by atoms with van der Waals surface area (Å²) in [5.74, 6) is -0.230. The quantitative estimate of drug-likeness (QED) is 0.432. The van der Waals surface area contributed by atoms with Gasteiger partial charge in [0, 0.05) is 38.9 Å². The van der Waals surface area contributed by atoms with E-state index < -0.39 is 15.9 Å². The lowest BCUT2D eigenvalue weighted by molar-refractivity contribution is -0.128. The van der Waals surface area contributed by atoms with E-state index in [-0.39, 0.29) is 23.3 Å². The van der Waals surface area contributed by atoms with E-state index in [2.05, 4.69) is 32.5 Å². The molecule has 2 amide bonds. The van der Waals surface area contributed by atoms with Gasteiger partial charge < -0.3 is 9.80 Å². The maximum atomic E-state index is 12.5. The van der Waals surface area contributed by atoms with Gasteiger partial charge in [0.1, 0.15) is 0 Å². The topological polar surface area (TPSA) is 116 Å². The lowest BCUT2D eigenvalue weighted by Crippen LogP contribution is -2.49. The number of piperazine rings is 1. The third-order valence-electron chi connectivity index (χ3n) is 4.66. The van der Waals surface area contributed by atoms with Crippen LogP contribution in [0.15, 0.2) is 34.7 Å². The summed E-state index contributed by atoms with van der Waals surface area (Å²) in [6, 6.07) is 10.1. The van der Waals surface area contributed by atoms with Crippen LogP contribution in [0.3, 0.4) is 0 Å².